The molecule has 3 rings (SSSR count). The van der Waals surface area contributed by atoms with Crippen molar-refractivity contribution in [2.24, 2.45) is 0 Å². The molecule has 0 atom stereocenters. The van der Waals surface area contributed by atoms with Crippen LogP contribution in [0.4, 0.5) is 5.69 Å². The zero-order valence-electron chi connectivity index (χ0n) is 13.9. The molecule has 1 heterocycles. The molecule has 0 saturated carbocycles. The Kier molecular flexibility index (Phi) is 5.90. The number of thiocarbonyl (C=S) groups is 1. The third-order valence-corrected chi connectivity index (χ3v) is 3.70. The van der Waals surface area contributed by atoms with Gasteiger partial charge in [-0.15, -0.1) is 0 Å². The van der Waals surface area contributed by atoms with E-state index in [9.17, 15) is 4.79 Å². The highest BCUT2D eigenvalue weighted by Crippen LogP contribution is 2.18. The van der Waals surface area contributed by atoms with Gasteiger partial charge in [0.15, 0.2) is 5.11 Å². The van der Waals surface area contributed by atoms with Gasteiger partial charge in [-0.05, 0) is 42.0 Å². The fraction of sp³-hybridized carbons (Fsp3) is 0.0500. The molecule has 1 amide bonds. The molecule has 3 aromatic rings. The van der Waals surface area contributed by atoms with Crippen molar-refractivity contribution >= 4 is 28.9 Å². The van der Waals surface area contributed by atoms with Crippen molar-refractivity contribution in [3.05, 3.63) is 90.3 Å². The Morgan fingerprint density at radius 3 is 2.65 bits per heavy atom. The van der Waals surface area contributed by atoms with Crippen LogP contribution in [0.15, 0.2) is 79.1 Å². The predicted octanol–water partition coefficient (Wildman–Crippen LogP) is 3.79. The van der Waals surface area contributed by atoms with Crippen molar-refractivity contribution in [1.29, 1.82) is 0 Å². The fourth-order valence-electron chi connectivity index (χ4n) is 2.24. The highest BCUT2D eigenvalue weighted by atomic mass is 32.1. The molecule has 0 spiro atoms. The van der Waals surface area contributed by atoms with Crippen LogP contribution in [-0.4, -0.2) is 16.0 Å². The topological polar surface area (TPSA) is 63.2 Å². The zero-order valence-corrected chi connectivity index (χ0v) is 14.7. The minimum atomic E-state index is -0.313. The number of pyridine rings is 1. The molecule has 0 radical (unpaired) electrons. The Labute approximate surface area is 157 Å². The van der Waals surface area contributed by atoms with E-state index in [0.717, 1.165) is 11.3 Å². The van der Waals surface area contributed by atoms with Crippen LogP contribution in [0.5, 0.6) is 5.75 Å². The van der Waals surface area contributed by atoms with Crippen molar-refractivity contribution in [3.63, 3.8) is 0 Å². The number of ether oxygens (including phenoxy) is 1. The number of hydrogen-bond acceptors (Lipinski definition) is 4. The van der Waals surface area contributed by atoms with Gasteiger partial charge in [0.05, 0.1) is 5.56 Å². The maximum absolute atomic E-state index is 12.1. The summed E-state index contributed by atoms with van der Waals surface area (Å²) in [5.74, 6) is 0.396. The number of nitrogens with one attached hydrogen (secondary N) is 2. The molecule has 26 heavy (non-hydrogen) atoms. The highest BCUT2D eigenvalue weighted by Gasteiger charge is 2.08. The number of rotatable bonds is 5. The first-order chi connectivity index (χ1) is 12.7. The van der Waals surface area contributed by atoms with E-state index >= 15 is 0 Å². The summed E-state index contributed by atoms with van der Waals surface area (Å²) in [5, 5.41) is 5.81. The lowest BCUT2D eigenvalue weighted by Crippen LogP contribution is -2.34. The molecule has 1 aromatic heterocycles. The second-order valence-electron chi connectivity index (χ2n) is 5.45. The molecule has 0 unspecified atom stereocenters. The standard InChI is InChI=1S/C20H17N3O2S/c24-19(16-8-5-11-21-13-16)23-20(26)22-17-9-4-10-18(12-17)25-14-15-6-2-1-3-7-15/h1-13H,14H2,(H2,22,23,24,26). The minimum absolute atomic E-state index is 0.207. The van der Waals surface area contributed by atoms with Crippen LogP contribution in [0.25, 0.3) is 0 Å². The van der Waals surface area contributed by atoms with Gasteiger partial charge in [0.1, 0.15) is 12.4 Å². The predicted molar refractivity (Wildman–Crippen MR) is 105 cm³/mol. The number of aromatic nitrogens is 1. The maximum Gasteiger partial charge on any atom is 0.258 e. The summed E-state index contributed by atoms with van der Waals surface area (Å²) in [6.07, 6.45) is 3.09. The smallest absolute Gasteiger partial charge is 0.258 e. The van der Waals surface area contributed by atoms with E-state index in [1.54, 1.807) is 18.3 Å². The summed E-state index contributed by atoms with van der Waals surface area (Å²) in [7, 11) is 0. The monoisotopic (exact) mass is 363 g/mol. The fourth-order valence-corrected chi connectivity index (χ4v) is 2.45. The molecule has 0 saturated heterocycles. The number of carbonyl (C=O) groups is 1. The van der Waals surface area contributed by atoms with Crippen molar-refractivity contribution in [2.45, 2.75) is 6.61 Å². The lowest BCUT2D eigenvalue weighted by Gasteiger charge is -2.11. The van der Waals surface area contributed by atoms with E-state index in [4.69, 9.17) is 17.0 Å². The third-order valence-electron chi connectivity index (χ3n) is 3.49. The van der Waals surface area contributed by atoms with Gasteiger partial charge in [-0.3, -0.25) is 15.1 Å². The quantitative estimate of drug-likeness (QED) is 0.676. The van der Waals surface area contributed by atoms with Gasteiger partial charge in [-0.25, -0.2) is 0 Å². The minimum Gasteiger partial charge on any atom is -0.489 e. The Bertz CT molecular complexity index is 886. The van der Waals surface area contributed by atoms with Crippen LogP contribution in [0.1, 0.15) is 15.9 Å². The summed E-state index contributed by atoms with van der Waals surface area (Å²) in [5.41, 5.74) is 2.26. The van der Waals surface area contributed by atoms with E-state index in [1.807, 2.05) is 54.6 Å². The molecule has 5 nitrogen and oxygen atoms in total. The van der Waals surface area contributed by atoms with Gasteiger partial charge >= 0.3 is 0 Å². The van der Waals surface area contributed by atoms with Crippen LogP contribution in [0.2, 0.25) is 0 Å². The molecular weight excluding hydrogens is 346 g/mol. The normalized spacial score (nSPS) is 10.0. The summed E-state index contributed by atoms with van der Waals surface area (Å²) in [6.45, 7) is 0.479. The number of carbonyl (C=O) groups excluding carboxylic acids is 1. The van der Waals surface area contributed by atoms with Gasteiger partial charge < -0.3 is 10.1 Å². The van der Waals surface area contributed by atoms with Crippen molar-refractivity contribution in [1.82, 2.24) is 10.3 Å². The van der Waals surface area contributed by atoms with Gasteiger partial charge in [0.25, 0.3) is 5.91 Å². The largest absolute Gasteiger partial charge is 0.489 e. The molecule has 0 aliphatic carbocycles. The first kappa shape index (κ1) is 17.6. The second kappa shape index (κ2) is 8.73. The molecule has 2 N–H and O–H groups in total. The van der Waals surface area contributed by atoms with Crippen LogP contribution in [-0.2, 0) is 6.61 Å². The average molecular weight is 363 g/mol. The van der Waals surface area contributed by atoms with E-state index in [0.29, 0.717) is 17.9 Å². The van der Waals surface area contributed by atoms with Crippen molar-refractivity contribution < 1.29 is 9.53 Å². The molecule has 0 aliphatic rings. The summed E-state index contributed by atoms with van der Waals surface area (Å²) >= 11 is 5.19. The first-order valence-electron chi connectivity index (χ1n) is 8.00. The lowest BCUT2D eigenvalue weighted by molar-refractivity contribution is 0.0977. The summed E-state index contributed by atoms with van der Waals surface area (Å²) < 4.78 is 5.79. The molecule has 130 valence electrons. The number of amides is 1. The summed E-state index contributed by atoms with van der Waals surface area (Å²) in [6, 6.07) is 20.7. The van der Waals surface area contributed by atoms with Crippen LogP contribution < -0.4 is 15.4 Å². The molecule has 6 heteroatoms. The van der Waals surface area contributed by atoms with Gasteiger partial charge in [0.2, 0.25) is 0 Å². The molecule has 0 bridgehead atoms. The second-order valence-corrected chi connectivity index (χ2v) is 5.86. The van der Waals surface area contributed by atoms with Gasteiger partial charge in [-0.1, -0.05) is 36.4 Å². The third kappa shape index (κ3) is 5.12. The van der Waals surface area contributed by atoms with E-state index in [2.05, 4.69) is 15.6 Å². The van der Waals surface area contributed by atoms with Crippen molar-refractivity contribution in [3.8, 4) is 5.75 Å². The Morgan fingerprint density at radius 2 is 1.88 bits per heavy atom. The van der Waals surface area contributed by atoms with E-state index < -0.39 is 0 Å². The van der Waals surface area contributed by atoms with E-state index in [-0.39, 0.29) is 11.0 Å². The first-order valence-corrected chi connectivity index (χ1v) is 8.41. The molecule has 0 fully saturated rings. The highest BCUT2D eigenvalue weighted by molar-refractivity contribution is 7.80. The number of hydrogen-bond donors (Lipinski definition) is 2. The van der Waals surface area contributed by atoms with E-state index in [1.165, 1.54) is 6.20 Å². The zero-order chi connectivity index (χ0) is 18.2. The van der Waals surface area contributed by atoms with Crippen LogP contribution in [0, 0.1) is 0 Å². The number of nitrogens with zero attached hydrogens (tertiary/aromatic N) is 1. The van der Waals surface area contributed by atoms with Crippen LogP contribution >= 0.6 is 12.2 Å². The lowest BCUT2D eigenvalue weighted by atomic mass is 10.2. The van der Waals surface area contributed by atoms with Crippen molar-refractivity contribution in [2.75, 3.05) is 5.32 Å². The number of benzene rings is 2. The summed E-state index contributed by atoms with van der Waals surface area (Å²) in [4.78, 5) is 16.0. The molecule has 2 aromatic carbocycles. The Hall–Kier alpha value is -3.25. The Morgan fingerprint density at radius 1 is 1.04 bits per heavy atom. The van der Waals surface area contributed by atoms with Crippen LogP contribution in [0.3, 0.4) is 0 Å². The maximum atomic E-state index is 12.1. The molecule has 0 aliphatic heterocycles. The van der Waals surface area contributed by atoms with Gasteiger partial charge in [0, 0.05) is 24.1 Å². The SMILES string of the molecule is O=C(NC(=S)Nc1cccc(OCc2ccccc2)c1)c1cccnc1. The van der Waals surface area contributed by atoms with Gasteiger partial charge in [-0.2, -0.15) is 0 Å². The Balaban J connectivity index is 1.56. The molecular formula is C20H17N3O2S. The number of anilines is 1. The average Bonchev–Trinajstić information content (AvgIpc) is 2.68.